The molecule has 3 aromatic rings. The molecule has 0 aliphatic carbocycles. The third-order valence-corrected chi connectivity index (χ3v) is 4.27. The average molecular weight is 436 g/mol. The van der Waals surface area contributed by atoms with E-state index in [1.54, 1.807) is 4.98 Å². The van der Waals surface area contributed by atoms with Crippen LogP contribution in [0.5, 0.6) is 0 Å². The number of benzene rings is 1. The van der Waals surface area contributed by atoms with Crippen LogP contribution in [0, 0.1) is 0 Å². The first-order valence-corrected chi connectivity index (χ1v) is 8.36. The van der Waals surface area contributed by atoms with Crippen LogP contribution in [-0.4, -0.2) is 32.8 Å². The lowest BCUT2D eigenvalue weighted by Crippen LogP contribution is -2.35. The summed E-state index contributed by atoms with van der Waals surface area (Å²) in [6.07, 6.45) is -9.75. The molecular weight excluding hydrogens is 422 g/mol. The lowest BCUT2D eigenvalue weighted by atomic mass is 10.2. The molecule has 2 aromatic heterocycles. The molecule has 0 fully saturated rings. The maximum atomic E-state index is 13.5. The molecule has 0 amide bonds. The largest absolute Gasteiger partial charge is 0.449 e. The summed E-state index contributed by atoms with van der Waals surface area (Å²) in [6.45, 7) is 1.35. The summed E-state index contributed by atoms with van der Waals surface area (Å²) in [7, 11) is 1.30. The van der Waals surface area contributed by atoms with Crippen molar-refractivity contribution in [3.8, 4) is 5.69 Å². The van der Waals surface area contributed by atoms with Crippen LogP contribution in [0.1, 0.15) is 24.5 Å². The Morgan fingerprint density at radius 3 is 2.30 bits per heavy atom. The fraction of sp³-hybridized carbons (Fsp3) is 0.353. The predicted octanol–water partition coefficient (Wildman–Crippen LogP) is 3.12. The van der Waals surface area contributed by atoms with Crippen LogP contribution < -0.4 is 11.2 Å². The van der Waals surface area contributed by atoms with Crippen molar-refractivity contribution in [2.24, 2.45) is 0 Å². The van der Waals surface area contributed by atoms with Crippen molar-refractivity contribution in [1.29, 1.82) is 0 Å². The highest BCUT2D eigenvalue weighted by Gasteiger charge is 2.39. The number of halogens is 6. The van der Waals surface area contributed by atoms with Gasteiger partial charge in [-0.2, -0.15) is 26.3 Å². The van der Waals surface area contributed by atoms with E-state index in [-0.39, 0.29) is 29.4 Å². The van der Waals surface area contributed by atoms with Crippen molar-refractivity contribution in [2.75, 3.05) is 13.7 Å². The van der Waals surface area contributed by atoms with Gasteiger partial charge in [-0.05, 0) is 25.1 Å². The number of aromatic nitrogens is 4. The van der Waals surface area contributed by atoms with Gasteiger partial charge in [0.1, 0.15) is 5.69 Å². The first-order chi connectivity index (χ1) is 13.8. The fourth-order valence-electron chi connectivity index (χ4n) is 3.07. The van der Waals surface area contributed by atoms with Crippen LogP contribution in [0.25, 0.3) is 16.7 Å². The molecule has 162 valence electrons. The van der Waals surface area contributed by atoms with Gasteiger partial charge in [-0.15, -0.1) is 0 Å². The number of methoxy groups -OCH3 is 1. The van der Waals surface area contributed by atoms with Crippen LogP contribution in [-0.2, 0) is 17.1 Å². The van der Waals surface area contributed by atoms with Gasteiger partial charge < -0.3 is 14.3 Å². The monoisotopic (exact) mass is 436 g/mol. The summed E-state index contributed by atoms with van der Waals surface area (Å²) in [6, 6.07) is 2.70. The molecule has 1 unspecified atom stereocenters. The number of H-pyrrole nitrogens is 1. The molecule has 0 aliphatic rings. The number of aromatic amines is 1. The molecule has 1 atom stereocenters. The predicted molar refractivity (Wildman–Crippen MR) is 92.5 cm³/mol. The number of nitrogens with one attached hydrogen (secondary N) is 1. The van der Waals surface area contributed by atoms with E-state index in [1.165, 1.54) is 14.0 Å². The molecule has 7 nitrogen and oxygen atoms in total. The maximum Gasteiger partial charge on any atom is 0.449 e. The van der Waals surface area contributed by atoms with Gasteiger partial charge in [-0.3, -0.25) is 4.79 Å². The number of rotatable bonds is 4. The molecule has 13 heteroatoms. The minimum absolute atomic E-state index is 0.0735. The van der Waals surface area contributed by atoms with Crippen LogP contribution >= 0.6 is 0 Å². The Kier molecular flexibility index (Phi) is 5.26. The smallest absolute Gasteiger partial charge is 0.383 e. The Balaban J connectivity index is 2.27. The standard InChI is InChI=1S/C17H14F6N4O3/c1-8(7-30-2)26-11-5-9(3-4-10(11)24-14(26)17(21,22)23)27-13(28)6-12(16(18,19)20)25-15(27)29/h3-6,8H,7H2,1-2H3,(H,25,29). The van der Waals surface area contributed by atoms with Crippen molar-refractivity contribution in [1.82, 2.24) is 19.1 Å². The zero-order valence-corrected chi connectivity index (χ0v) is 15.4. The number of fused-ring (bicyclic) bond motifs is 1. The summed E-state index contributed by atoms with van der Waals surface area (Å²) in [5.41, 5.74) is -4.59. The molecule has 0 radical (unpaired) electrons. The molecule has 1 aromatic carbocycles. The van der Waals surface area contributed by atoms with Gasteiger partial charge in [-0.1, -0.05) is 0 Å². The van der Waals surface area contributed by atoms with Crippen molar-refractivity contribution in [3.05, 3.63) is 56.6 Å². The summed E-state index contributed by atoms with van der Waals surface area (Å²) in [4.78, 5) is 29.4. The molecule has 2 heterocycles. The third-order valence-electron chi connectivity index (χ3n) is 4.27. The molecule has 0 spiro atoms. The number of nitrogens with zero attached hydrogens (tertiary/aromatic N) is 3. The second kappa shape index (κ2) is 7.31. The lowest BCUT2D eigenvalue weighted by Gasteiger charge is -2.18. The van der Waals surface area contributed by atoms with E-state index < -0.39 is 41.2 Å². The van der Waals surface area contributed by atoms with Crippen LogP contribution in [0.2, 0.25) is 0 Å². The number of imidazole rings is 1. The second-order valence-electron chi connectivity index (χ2n) is 6.44. The number of ether oxygens (including phenoxy) is 1. The molecular formula is C17H14F6N4O3. The highest BCUT2D eigenvalue weighted by Crippen LogP contribution is 2.34. The van der Waals surface area contributed by atoms with Crippen LogP contribution in [0.3, 0.4) is 0 Å². The van der Waals surface area contributed by atoms with Crippen LogP contribution in [0.15, 0.2) is 33.9 Å². The Morgan fingerprint density at radius 1 is 1.10 bits per heavy atom. The summed E-state index contributed by atoms with van der Waals surface area (Å²) >= 11 is 0. The zero-order valence-electron chi connectivity index (χ0n) is 15.4. The molecule has 0 aliphatic heterocycles. The molecule has 1 N–H and O–H groups in total. The summed E-state index contributed by atoms with van der Waals surface area (Å²) in [5, 5.41) is 0. The van der Waals surface area contributed by atoms with Crippen molar-refractivity contribution < 1.29 is 31.1 Å². The van der Waals surface area contributed by atoms with Gasteiger partial charge in [0.2, 0.25) is 5.82 Å². The zero-order chi connectivity index (χ0) is 22.4. The van der Waals surface area contributed by atoms with Gasteiger partial charge >= 0.3 is 18.0 Å². The summed E-state index contributed by atoms with van der Waals surface area (Å²) in [5.74, 6) is -1.21. The van der Waals surface area contributed by atoms with E-state index in [0.29, 0.717) is 4.57 Å². The van der Waals surface area contributed by atoms with Crippen LogP contribution in [0.4, 0.5) is 26.3 Å². The Morgan fingerprint density at radius 2 is 1.77 bits per heavy atom. The van der Waals surface area contributed by atoms with E-state index in [9.17, 15) is 35.9 Å². The maximum absolute atomic E-state index is 13.5. The lowest BCUT2D eigenvalue weighted by molar-refractivity contribution is -0.147. The molecule has 0 saturated carbocycles. The van der Waals surface area contributed by atoms with Gasteiger partial charge in [0, 0.05) is 13.2 Å². The highest BCUT2D eigenvalue weighted by molar-refractivity contribution is 5.79. The Labute approximate surface area is 163 Å². The minimum Gasteiger partial charge on any atom is -0.383 e. The fourth-order valence-corrected chi connectivity index (χ4v) is 3.07. The van der Waals surface area contributed by atoms with E-state index in [4.69, 9.17) is 4.74 Å². The Hall–Kier alpha value is -3.09. The van der Waals surface area contributed by atoms with Gasteiger partial charge in [-0.25, -0.2) is 14.3 Å². The van der Waals surface area contributed by atoms with E-state index in [0.717, 1.165) is 22.8 Å². The Bertz CT molecular complexity index is 1170. The topological polar surface area (TPSA) is 81.9 Å². The molecule has 3 rings (SSSR count). The SMILES string of the molecule is COCC(C)n1c(C(F)(F)F)nc2ccc(-n3c(=O)cc(C(F)(F)F)[nH]c3=O)cc21. The molecule has 30 heavy (non-hydrogen) atoms. The van der Waals surface area contributed by atoms with Gasteiger partial charge in [0.15, 0.2) is 0 Å². The normalized spacial score (nSPS) is 13.7. The first kappa shape index (κ1) is 21.6. The van der Waals surface area contributed by atoms with E-state index in [1.807, 2.05) is 0 Å². The van der Waals surface area contributed by atoms with Gasteiger partial charge in [0.05, 0.1) is 29.4 Å². The molecule has 0 bridgehead atoms. The van der Waals surface area contributed by atoms with E-state index in [2.05, 4.69) is 4.98 Å². The first-order valence-electron chi connectivity index (χ1n) is 8.36. The number of hydrogen-bond donors (Lipinski definition) is 1. The van der Waals surface area contributed by atoms with Crippen molar-refractivity contribution in [2.45, 2.75) is 25.3 Å². The highest BCUT2D eigenvalue weighted by atomic mass is 19.4. The van der Waals surface area contributed by atoms with Gasteiger partial charge in [0.25, 0.3) is 5.56 Å². The quantitative estimate of drug-likeness (QED) is 0.638. The molecule has 0 saturated heterocycles. The van der Waals surface area contributed by atoms with Crippen molar-refractivity contribution in [3.63, 3.8) is 0 Å². The number of hydrogen-bond acceptors (Lipinski definition) is 4. The third kappa shape index (κ3) is 3.84. The number of alkyl halides is 6. The minimum atomic E-state index is -4.95. The van der Waals surface area contributed by atoms with Crippen molar-refractivity contribution >= 4 is 11.0 Å². The van der Waals surface area contributed by atoms with E-state index >= 15 is 0 Å². The average Bonchev–Trinajstić information content (AvgIpc) is 3.00. The summed E-state index contributed by atoms with van der Waals surface area (Å²) < 4.78 is 84.8. The second-order valence-corrected chi connectivity index (χ2v) is 6.44.